The number of nitrogens with zero attached hydrogens (tertiary/aromatic N) is 2. The summed E-state index contributed by atoms with van der Waals surface area (Å²) in [4.78, 5) is 17.5. The number of nitrogens with one attached hydrogen (secondary N) is 1. The van der Waals surface area contributed by atoms with Crippen LogP contribution in [0.15, 0.2) is 17.1 Å². The SMILES string of the molecule is COc1ccc2c(c1Cl)CNC1=NC(=O)C(C)N12.Cl. The fraction of sp³-hybridized carbons (Fsp3) is 0.333. The Morgan fingerprint density at radius 3 is 2.95 bits per heavy atom. The molecule has 1 amide bonds. The van der Waals surface area contributed by atoms with E-state index in [9.17, 15) is 4.79 Å². The van der Waals surface area contributed by atoms with Crippen molar-refractivity contribution in [3.8, 4) is 5.75 Å². The number of anilines is 1. The van der Waals surface area contributed by atoms with Gasteiger partial charge in [0.05, 0.1) is 17.8 Å². The second-order valence-electron chi connectivity index (χ2n) is 4.25. The number of hydrogen-bond donors (Lipinski definition) is 1. The average molecular weight is 302 g/mol. The summed E-state index contributed by atoms with van der Waals surface area (Å²) in [6.45, 7) is 2.37. The third kappa shape index (κ3) is 1.93. The first-order valence-corrected chi connectivity index (χ1v) is 6.02. The number of amides is 1. The summed E-state index contributed by atoms with van der Waals surface area (Å²) < 4.78 is 5.19. The summed E-state index contributed by atoms with van der Waals surface area (Å²) in [5, 5.41) is 3.68. The zero-order valence-corrected chi connectivity index (χ0v) is 12.0. The molecule has 7 heteroatoms. The summed E-state index contributed by atoms with van der Waals surface area (Å²) in [6, 6.07) is 3.42. The van der Waals surface area contributed by atoms with Gasteiger partial charge in [-0.2, -0.15) is 4.99 Å². The monoisotopic (exact) mass is 301 g/mol. The number of rotatable bonds is 1. The predicted octanol–water partition coefficient (Wildman–Crippen LogP) is 1.96. The van der Waals surface area contributed by atoms with E-state index in [0.717, 1.165) is 11.3 Å². The van der Waals surface area contributed by atoms with E-state index in [1.54, 1.807) is 13.2 Å². The van der Waals surface area contributed by atoms with Gasteiger partial charge in [-0.3, -0.25) is 9.69 Å². The fourth-order valence-corrected chi connectivity index (χ4v) is 2.61. The van der Waals surface area contributed by atoms with Gasteiger partial charge in [-0.15, -0.1) is 12.4 Å². The molecule has 0 spiro atoms. The van der Waals surface area contributed by atoms with Gasteiger partial charge >= 0.3 is 0 Å². The van der Waals surface area contributed by atoms with Crippen LogP contribution in [-0.2, 0) is 11.3 Å². The van der Waals surface area contributed by atoms with Crippen molar-refractivity contribution in [2.75, 3.05) is 12.0 Å². The van der Waals surface area contributed by atoms with Gasteiger partial charge in [0, 0.05) is 12.1 Å². The van der Waals surface area contributed by atoms with Crippen LogP contribution in [0.2, 0.25) is 5.02 Å². The molecule has 5 nitrogen and oxygen atoms in total. The molecule has 0 saturated heterocycles. The second kappa shape index (κ2) is 4.90. The second-order valence-corrected chi connectivity index (χ2v) is 4.63. The van der Waals surface area contributed by atoms with Gasteiger partial charge in [-0.25, -0.2) is 0 Å². The van der Waals surface area contributed by atoms with Crippen molar-refractivity contribution < 1.29 is 9.53 Å². The molecular formula is C12H13Cl2N3O2. The lowest BCUT2D eigenvalue weighted by molar-refractivity contribution is -0.117. The minimum atomic E-state index is -0.295. The van der Waals surface area contributed by atoms with Gasteiger partial charge in [0.1, 0.15) is 11.8 Å². The van der Waals surface area contributed by atoms with Gasteiger partial charge < -0.3 is 10.1 Å². The minimum absolute atomic E-state index is 0. The number of methoxy groups -OCH3 is 1. The molecule has 2 aliphatic rings. The van der Waals surface area contributed by atoms with E-state index < -0.39 is 0 Å². The van der Waals surface area contributed by atoms with Crippen LogP contribution in [0.5, 0.6) is 5.75 Å². The standard InChI is InChI=1S/C12H12ClN3O2.ClH/c1-6-11(17)15-12-14-5-7-8(16(6)12)3-4-9(18-2)10(7)13;/h3-4,6H,5H2,1-2H3,(H,14,15,17);1H. The van der Waals surface area contributed by atoms with Crippen molar-refractivity contribution in [3.63, 3.8) is 0 Å². The van der Waals surface area contributed by atoms with Gasteiger partial charge in [-0.1, -0.05) is 11.6 Å². The highest BCUT2D eigenvalue weighted by Gasteiger charge is 2.37. The average Bonchev–Trinajstić information content (AvgIpc) is 2.66. The third-order valence-corrected chi connectivity index (χ3v) is 3.69. The highest BCUT2D eigenvalue weighted by Crippen LogP contribution is 2.38. The van der Waals surface area contributed by atoms with Crippen molar-refractivity contribution in [1.82, 2.24) is 5.32 Å². The number of hydrogen-bond acceptors (Lipinski definition) is 4. The molecule has 3 rings (SSSR count). The van der Waals surface area contributed by atoms with Crippen LogP contribution < -0.4 is 15.0 Å². The molecule has 1 aromatic carbocycles. The zero-order chi connectivity index (χ0) is 12.9. The van der Waals surface area contributed by atoms with Gasteiger partial charge in [-0.05, 0) is 19.1 Å². The Bertz CT molecular complexity index is 574. The van der Waals surface area contributed by atoms with E-state index in [0.29, 0.717) is 23.3 Å². The summed E-state index contributed by atoms with van der Waals surface area (Å²) in [7, 11) is 1.58. The minimum Gasteiger partial charge on any atom is -0.495 e. The Labute approximate surface area is 122 Å². The first-order valence-electron chi connectivity index (χ1n) is 5.64. The Morgan fingerprint density at radius 2 is 2.26 bits per heavy atom. The largest absolute Gasteiger partial charge is 0.495 e. The molecule has 0 bridgehead atoms. The lowest BCUT2D eigenvalue weighted by Gasteiger charge is -2.32. The smallest absolute Gasteiger partial charge is 0.271 e. The molecule has 0 fully saturated rings. The number of guanidine groups is 1. The number of carbonyl (C=O) groups is 1. The van der Waals surface area contributed by atoms with Crippen molar-refractivity contribution >= 4 is 41.6 Å². The molecule has 1 N–H and O–H groups in total. The lowest BCUT2D eigenvalue weighted by Crippen LogP contribution is -2.46. The summed E-state index contributed by atoms with van der Waals surface area (Å²) in [5.41, 5.74) is 1.84. The van der Waals surface area contributed by atoms with E-state index in [2.05, 4.69) is 10.3 Å². The van der Waals surface area contributed by atoms with Gasteiger partial charge in [0.25, 0.3) is 5.91 Å². The van der Waals surface area contributed by atoms with E-state index in [-0.39, 0.29) is 24.4 Å². The topological polar surface area (TPSA) is 53.9 Å². The molecular weight excluding hydrogens is 289 g/mol. The maximum absolute atomic E-state index is 11.6. The van der Waals surface area contributed by atoms with Crippen LogP contribution in [0.4, 0.5) is 5.69 Å². The molecule has 0 saturated carbocycles. The summed E-state index contributed by atoms with van der Waals surface area (Å²) in [5.74, 6) is 1.09. The Hall–Kier alpha value is -1.46. The van der Waals surface area contributed by atoms with Crippen molar-refractivity contribution in [2.24, 2.45) is 4.99 Å². The number of carbonyl (C=O) groups excluding carboxylic acids is 1. The van der Waals surface area contributed by atoms with Crippen LogP contribution in [0.1, 0.15) is 12.5 Å². The van der Waals surface area contributed by atoms with Crippen LogP contribution in [0, 0.1) is 0 Å². The molecule has 2 aliphatic heterocycles. The van der Waals surface area contributed by atoms with Crippen LogP contribution in [-0.4, -0.2) is 25.0 Å². The zero-order valence-electron chi connectivity index (χ0n) is 10.4. The quantitative estimate of drug-likeness (QED) is 0.861. The highest BCUT2D eigenvalue weighted by molar-refractivity contribution is 6.33. The number of aliphatic imine (C=N–C) groups is 1. The molecule has 102 valence electrons. The van der Waals surface area contributed by atoms with E-state index in [1.165, 1.54) is 0 Å². The highest BCUT2D eigenvalue weighted by atomic mass is 35.5. The predicted molar refractivity (Wildman–Crippen MR) is 76.5 cm³/mol. The third-order valence-electron chi connectivity index (χ3n) is 3.27. The van der Waals surface area contributed by atoms with Crippen LogP contribution in [0.25, 0.3) is 0 Å². The van der Waals surface area contributed by atoms with Crippen LogP contribution in [0.3, 0.4) is 0 Å². The molecule has 0 aliphatic carbocycles. The van der Waals surface area contributed by atoms with E-state index >= 15 is 0 Å². The number of halogens is 2. The molecule has 1 unspecified atom stereocenters. The van der Waals surface area contributed by atoms with E-state index in [4.69, 9.17) is 16.3 Å². The molecule has 2 heterocycles. The molecule has 1 aromatic rings. The Morgan fingerprint density at radius 1 is 1.53 bits per heavy atom. The molecule has 19 heavy (non-hydrogen) atoms. The van der Waals surface area contributed by atoms with E-state index in [1.807, 2.05) is 17.9 Å². The maximum Gasteiger partial charge on any atom is 0.271 e. The van der Waals surface area contributed by atoms with Crippen molar-refractivity contribution in [2.45, 2.75) is 19.5 Å². The molecule has 1 atom stereocenters. The summed E-state index contributed by atoms with van der Waals surface area (Å²) >= 11 is 6.28. The van der Waals surface area contributed by atoms with Crippen molar-refractivity contribution in [1.29, 1.82) is 0 Å². The fourth-order valence-electron chi connectivity index (χ4n) is 2.30. The normalized spacial score (nSPS) is 19.9. The number of benzene rings is 1. The molecule has 0 radical (unpaired) electrons. The lowest BCUT2D eigenvalue weighted by atomic mass is 10.1. The first kappa shape index (κ1) is 14.0. The number of ether oxygens (including phenoxy) is 1. The van der Waals surface area contributed by atoms with Crippen LogP contribution >= 0.6 is 24.0 Å². The first-order chi connectivity index (χ1) is 8.63. The summed E-state index contributed by atoms with van der Waals surface area (Å²) in [6.07, 6.45) is 0. The van der Waals surface area contributed by atoms with Crippen molar-refractivity contribution in [3.05, 3.63) is 22.7 Å². The molecule has 0 aromatic heterocycles. The Balaban J connectivity index is 0.00000133. The van der Waals surface area contributed by atoms with Gasteiger partial charge in [0.2, 0.25) is 5.96 Å². The maximum atomic E-state index is 11.6. The number of fused-ring (bicyclic) bond motifs is 3. The van der Waals surface area contributed by atoms with Gasteiger partial charge in [0.15, 0.2) is 0 Å². The Kier molecular flexibility index (Phi) is 3.60.